The maximum absolute atomic E-state index is 14.3. The van der Waals surface area contributed by atoms with Gasteiger partial charge in [0.25, 0.3) is 0 Å². The van der Waals surface area contributed by atoms with E-state index in [2.05, 4.69) is 11.7 Å². The van der Waals surface area contributed by atoms with E-state index in [-0.39, 0.29) is 74.1 Å². The van der Waals surface area contributed by atoms with Crippen molar-refractivity contribution in [1.29, 1.82) is 0 Å². The van der Waals surface area contributed by atoms with Gasteiger partial charge < -0.3 is 28.1 Å². The number of furan rings is 1. The van der Waals surface area contributed by atoms with Gasteiger partial charge in [-0.25, -0.2) is 9.48 Å². The molecule has 0 spiro atoms. The van der Waals surface area contributed by atoms with Gasteiger partial charge in [-0.1, -0.05) is 13.0 Å². The van der Waals surface area contributed by atoms with Crippen LogP contribution < -0.4 is 4.74 Å². The Balaban J connectivity index is 1.54. The fourth-order valence-corrected chi connectivity index (χ4v) is 4.40. The number of nitrogens with zero attached hydrogens (tertiary/aromatic N) is 2. The van der Waals surface area contributed by atoms with E-state index < -0.39 is 42.0 Å². The molecule has 236 valence electrons. The molecule has 2 atom stereocenters. The van der Waals surface area contributed by atoms with Gasteiger partial charge in [0.1, 0.15) is 25.6 Å². The highest BCUT2D eigenvalue weighted by atomic mass is 19.4. The highest BCUT2D eigenvalue weighted by molar-refractivity contribution is 5.89. The second-order valence-electron chi connectivity index (χ2n) is 9.50. The van der Waals surface area contributed by atoms with Crippen LogP contribution in [-0.4, -0.2) is 60.4 Å². The lowest BCUT2D eigenvalue weighted by molar-refractivity contribution is -0.150. The number of allylic oxidation sites excluding steroid dienone is 1. The molecule has 1 aliphatic rings. The minimum atomic E-state index is -4.83. The van der Waals surface area contributed by atoms with Crippen molar-refractivity contribution in [3.8, 4) is 11.6 Å². The maximum Gasteiger partial charge on any atom is 0.435 e. The molecule has 44 heavy (non-hydrogen) atoms. The Bertz CT molecular complexity index is 1430. The number of halogens is 3. The van der Waals surface area contributed by atoms with Crippen LogP contribution in [0.25, 0.3) is 5.69 Å². The number of benzene rings is 1. The molecule has 0 amide bonds. The maximum atomic E-state index is 14.3. The zero-order valence-corrected chi connectivity index (χ0v) is 23.8. The van der Waals surface area contributed by atoms with Crippen LogP contribution in [0.15, 0.2) is 59.7 Å². The summed E-state index contributed by atoms with van der Waals surface area (Å²) in [6.45, 7) is 4.74. The molecular weight excluding hydrogens is 589 g/mol. The summed E-state index contributed by atoms with van der Waals surface area (Å²) >= 11 is 0. The second-order valence-corrected chi connectivity index (χ2v) is 9.50. The monoisotopic (exact) mass is 620 g/mol. The molecule has 0 bridgehead atoms. The molecule has 0 unspecified atom stereocenters. The molecule has 0 aliphatic carbocycles. The van der Waals surface area contributed by atoms with Gasteiger partial charge >= 0.3 is 24.1 Å². The number of fused-ring (bicyclic) bond motifs is 1. The molecule has 0 radical (unpaired) electrons. The molecule has 1 aromatic carbocycles. The van der Waals surface area contributed by atoms with E-state index in [4.69, 9.17) is 28.1 Å². The van der Waals surface area contributed by atoms with Crippen LogP contribution in [-0.2, 0) is 34.7 Å². The van der Waals surface area contributed by atoms with Crippen molar-refractivity contribution in [3.05, 3.63) is 77.9 Å². The van der Waals surface area contributed by atoms with E-state index >= 15 is 0 Å². The Hall–Kier alpha value is -4.59. The number of alkyl halides is 3. The molecule has 0 saturated carbocycles. The lowest BCUT2D eigenvalue weighted by atomic mass is 9.90. The standard InChI is InChI=1S/C30H31F3N2O9/c1-3-5-8-24(37)41-15-17-43-29(38)19-9-11-20(12-10-19)35-28-26(27(34-35)30(31,32)33)21(22-7-6-13-39-22)18-25(44-28)42-16-14-40-23(36)4-2/h3,6-7,9-13,21,25H,1,4-5,8,14-18H2,2H3/t21-,25-/m1/s1. The van der Waals surface area contributed by atoms with Gasteiger partial charge in [0, 0.05) is 19.3 Å². The van der Waals surface area contributed by atoms with E-state index in [9.17, 15) is 27.6 Å². The Morgan fingerprint density at radius 2 is 1.75 bits per heavy atom. The van der Waals surface area contributed by atoms with Gasteiger partial charge in [-0.05, 0) is 42.8 Å². The molecule has 3 aromatic rings. The first-order valence-electron chi connectivity index (χ1n) is 13.8. The van der Waals surface area contributed by atoms with Gasteiger partial charge in [0.2, 0.25) is 12.2 Å². The first-order chi connectivity index (χ1) is 21.1. The molecule has 4 rings (SSSR count). The summed E-state index contributed by atoms with van der Waals surface area (Å²) in [5.74, 6) is -2.46. The minimum absolute atomic E-state index is 0.0225. The summed E-state index contributed by atoms with van der Waals surface area (Å²) < 4.78 is 76.0. The van der Waals surface area contributed by atoms with E-state index in [1.165, 1.54) is 30.5 Å². The van der Waals surface area contributed by atoms with Gasteiger partial charge in [-0.2, -0.15) is 18.3 Å². The molecule has 1 aliphatic heterocycles. The Morgan fingerprint density at radius 1 is 1.05 bits per heavy atom. The minimum Gasteiger partial charge on any atom is -0.469 e. The van der Waals surface area contributed by atoms with Crippen LogP contribution in [0.5, 0.6) is 5.88 Å². The Kier molecular flexibility index (Phi) is 10.8. The average molecular weight is 621 g/mol. The number of esters is 3. The zero-order valence-electron chi connectivity index (χ0n) is 23.8. The molecule has 2 aromatic heterocycles. The van der Waals surface area contributed by atoms with E-state index in [0.717, 1.165) is 4.68 Å². The van der Waals surface area contributed by atoms with Crippen molar-refractivity contribution in [2.24, 2.45) is 0 Å². The predicted octanol–water partition coefficient (Wildman–Crippen LogP) is 5.36. The molecule has 0 fully saturated rings. The highest BCUT2D eigenvalue weighted by Gasteiger charge is 2.46. The SMILES string of the molecule is C=CCCC(=O)OCCOC(=O)c1ccc(-n2nc(C(F)(F)F)c3c2O[C@@H](OCCOC(=O)CC)C[C@@H]3c2ccco2)cc1. The van der Waals surface area contributed by atoms with Gasteiger partial charge in [-0.3, -0.25) is 9.59 Å². The molecule has 14 heteroatoms. The zero-order chi connectivity index (χ0) is 31.7. The fourth-order valence-electron chi connectivity index (χ4n) is 4.40. The smallest absolute Gasteiger partial charge is 0.435 e. The third-order valence-corrected chi connectivity index (χ3v) is 6.47. The Labute approximate surface area is 250 Å². The van der Waals surface area contributed by atoms with Crippen LogP contribution >= 0.6 is 0 Å². The Morgan fingerprint density at radius 3 is 2.41 bits per heavy atom. The topological polar surface area (TPSA) is 128 Å². The van der Waals surface area contributed by atoms with Crippen molar-refractivity contribution in [1.82, 2.24) is 9.78 Å². The third kappa shape index (κ3) is 8.07. The number of aromatic nitrogens is 2. The van der Waals surface area contributed by atoms with Crippen molar-refractivity contribution < 1.29 is 55.7 Å². The fraction of sp³-hybridized carbons (Fsp3) is 0.400. The van der Waals surface area contributed by atoms with Crippen molar-refractivity contribution in [3.63, 3.8) is 0 Å². The largest absolute Gasteiger partial charge is 0.469 e. The van der Waals surface area contributed by atoms with Gasteiger partial charge in [-0.15, -0.1) is 6.58 Å². The quantitative estimate of drug-likeness (QED) is 0.101. The summed E-state index contributed by atoms with van der Waals surface area (Å²) in [6, 6.07) is 8.61. The lowest BCUT2D eigenvalue weighted by Crippen LogP contribution is -2.31. The van der Waals surface area contributed by atoms with E-state index in [1.54, 1.807) is 25.1 Å². The predicted molar refractivity (Wildman–Crippen MR) is 146 cm³/mol. The number of hydrogen-bond acceptors (Lipinski definition) is 10. The average Bonchev–Trinajstić information content (AvgIpc) is 3.69. The third-order valence-electron chi connectivity index (χ3n) is 6.47. The lowest BCUT2D eigenvalue weighted by Gasteiger charge is -2.30. The summed E-state index contributed by atoms with van der Waals surface area (Å²) in [5, 5.41) is 3.86. The van der Waals surface area contributed by atoms with Crippen LogP contribution in [0.3, 0.4) is 0 Å². The number of carbonyl (C=O) groups is 3. The number of carbonyl (C=O) groups excluding carboxylic acids is 3. The van der Waals surface area contributed by atoms with Gasteiger partial charge in [0.05, 0.1) is 35.6 Å². The van der Waals surface area contributed by atoms with Crippen LogP contribution in [0, 0.1) is 0 Å². The summed E-state index contributed by atoms with van der Waals surface area (Å²) in [4.78, 5) is 35.4. The molecule has 0 N–H and O–H groups in total. The molecule has 11 nitrogen and oxygen atoms in total. The normalized spacial score (nSPS) is 16.0. The van der Waals surface area contributed by atoms with Crippen LogP contribution in [0.2, 0.25) is 0 Å². The number of ether oxygens (including phenoxy) is 5. The first-order valence-corrected chi connectivity index (χ1v) is 13.8. The number of hydrogen-bond donors (Lipinski definition) is 0. The first kappa shape index (κ1) is 32.3. The molecule has 0 saturated heterocycles. The second kappa shape index (κ2) is 14.7. The van der Waals surface area contributed by atoms with E-state index in [1.807, 2.05) is 0 Å². The summed E-state index contributed by atoms with van der Waals surface area (Å²) in [5.41, 5.74) is -1.10. The molecule has 3 heterocycles. The van der Waals surface area contributed by atoms with Crippen LogP contribution in [0.4, 0.5) is 13.2 Å². The summed E-state index contributed by atoms with van der Waals surface area (Å²) in [6.07, 6.45) is -2.12. The summed E-state index contributed by atoms with van der Waals surface area (Å²) in [7, 11) is 0. The van der Waals surface area contributed by atoms with E-state index in [0.29, 0.717) is 6.42 Å². The van der Waals surface area contributed by atoms with Crippen molar-refractivity contribution in [2.75, 3.05) is 26.4 Å². The van der Waals surface area contributed by atoms with Gasteiger partial charge in [0.15, 0.2) is 5.69 Å². The number of rotatable bonds is 14. The van der Waals surface area contributed by atoms with Crippen molar-refractivity contribution in [2.45, 2.75) is 51.0 Å². The highest BCUT2D eigenvalue weighted by Crippen LogP contribution is 2.48. The van der Waals surface area contributed by atoms with Crippen LogP contribution in [0.1, 0.15) is 65.9 Å². The van der Waals surface area contributed by atoms with Crippen molar-refractivity contribution >= 4 is 17.9 Å². The molecular formula is C30H31F3N2O9.